The first kappa shape index (κ1) is 17.0. The Balaban J connectivity index is 4.00. The highest BCUT2D eigenvalue weighted by atomic mass is 79.9. The smallest absolute Gasteiger partial charge is 0.296 e. The van der Waals surface area contributed by atoms with Gasteiger partial charge in [0.2, 0.25) is 0 Å². The van der Waals surface area contributed by atoms with E-state index in [1.165, 1.54) is 0 Å². The Morgan fingerprint density at radius 3 is 2.27 bits per heavy atom. The number of halogens is 5. The van der Waals surface area contributed by atoms with E-state index in [0.29, 0.717) is 5.33 Å². The van der Waals surface area contributed by atoms with Gasteiger partial charge in [0.15, 0.2) is 0 Å². The molecule has 92 valence electrons. The van der Waals surface area contributed by atoms with Crippen molar-refractivity contribution in [3.05, 3.63) is 0 Å². The lowest BCUT2D eigenvalue weighted by Crippen LogP contribution is -2.16. The Hall–Kier alpha value is 1.98. The molecule has 0 aromatic carbocycles. The minimum absolute atomic E-state index is 0.0126. The van der Waals surface area contributed by atoms with Crippen LogP contribution in [0.1, 0.15) is 0 Å². The maximum absolute atomic E-state index is 11.5. The summed E-state index contributed by atoms with van der Waals surface area (Å²) >= 11 is 23.0. The normalized spacial score (nSPS) is 17.7. The summed E-state index contributed by atoms with van der Waals surface area (Å²) in [5.41, 5.74) is 0. The molecule has 15 heavy (non-hydrogen) atoms. The van der Waals surface area contributed by atoms with Crippen molar-refractivity contribution in [2.24, 2.45) is 0 Å². The van der Waals surface area contributed by atoms with E-state index in [1.807, 2.05) is 0 Å². The molecule has 0 N–H and O–H groups in total. The van der Waals surface area contributed by atoms with Crippen LogP contribution in [0.25, 0.3) is 0 Å². The minimum Gasteiger partial charge on any atom is -0.296 e. The van der Waals surface area contributed by atoms with Gasteiger partial charge in [0.25, 0.3) is 0 Å². The van der Waals surface area contributed by atoms with Crippen LogP contribution < -0.4 is 0 Å². The first-order valence-corrected chi connectivity index (χ1v) is 9.45. The van der Waals surface area contributed by atoms with Crippen LogP contribution in [0, 0.1) is 0 Å². The van der Waals surface area contributed by atoms with Crippen molar-refractivity contribution in [1.82, 2.24) is 0 Å². The molecule has 0 aromatic rings. The summed E-state index contributed by atoms with van der Waals surface area (Å²) in [5, 5.41) is 0.651. The second kappa shape index (κ2) is 8.98. The quantitative estimate of drug-likeness (QED) is 0.426. The number of hydrogen-bond acceptors (Lipinski definition) is 3. The molecular weight excluding hydrogens is 417 g/mol. The number of alkyl halides is 4. The van der Waals surface area contributed by atoms with Gasteiger partial charge in [0.05, 0.1) is 24.5 Å². The largest absolute Gasteiger partial charge is 0.424 e. The average molecular weight is 427 g/mol. The summed E-state index contributed by atoms with van der Waals surface area (Å²) in [6.45, 7) is -3.43. The van der Waals surface area contributed by atoms with E-state index in [-0.39, 0.29) is 23.2 Å². The second-order valence-electron chi connectivity index (χ2n) is 2.51. The maximum atomic E-state index is 11.5. The molecule has 0 radical (unpaired) electrons. The lowest BCUT2D eigenvalue weighted by molar-refractivity contribution is 0.186. The molecule has 0 fully saturated rings. The molecule has 0 rings (SSSR count). The molecule has 0 saturated heterocycles. The predicted octanol–water partition coefficient (Wildman–Crippen LogP) is 4.37. The zero-order chi connectivity index (χ0) is 11.9. The van der Waals surface area contributed by atoms with Gasteiger partial charge in [-0.25, -0.2) is 4.57 Å². The van der Waals surface area contributed by atoms with E-state index in [1.54, 1.807) is 0 Å². The van der Waals surface area contributed by atoms with Crippen LogP contribution in [0.5, 0.6) is 0 Å². The molecule has 0 aliphatic rings. The van der Waals surface area contributed by atoms with E-state index >= 15 is 0 Å². The van der Waals surface area contributed by atoms with Crippen LogP contribution in [-0.4, -0.2) is 34.6 Å². The first-order valence-electron chi connectivity index (χ1n) is 3.89. The third-order valence-electron chi connectivity index (χ3n) is 1.20. The lowest BCUT2D eigenvalue weighted by Gasteiger charge is -2.17. The highest BCUT2D eigenvalue weighted by Crippen LogP contribution is 2.54. The van der Waals surface area contributed by atoms with Crippen molar-refractivity contribution >= 4 is 73.3 Å². The fourth-order valence-corrected chi connectivity index (χ4v) is 3.11. The van der Waals surface area contributed by atoms with Crippen LogP contribution in [0.15, 0.2) is 0 Å². The molecule has 2 unspecified atom stereocenters. The summed E-state index contributed by atoms with van der Waals surface area (Å²) in [5.74, 6) is 0.222. The van der Waals surface area contributed by atoms with Gasteiger partial charge in [0.1, 0.15) is 0 Å². The summed E-state index contributed by atoms with van der Waals surface area (Å²) < 4.78 is 21.4. The molecule has 3 nitrogen and oxygen atoms in total. The fourth-order valence-electron chi connectivity index (χ4n) is 0.521. The molecule has 0 spiro atoms. The Labute approximate surface area is 121 Å². The highest BCUT2D eigenvalue weighted by Gasteiger charge is 2.26. The van der Waals surface area contributed by atoms with Crippen LogP contribution in [0.4, 0.5) is 0 Å². The van der Waals surface area contributed by atoms with Crippen molar-refractivity contribution in [3.63, 3.8) is 0 Å². The lowest BCUT2D eigenvalue weighted by atomic mass is 10.5. The summed E-state index contributed by atoms with van der Waals surface area (Å²) in [4.78, 5) is 0.0126. The zero-order valence-corrected chi connectivity index (χ0v) is 13.9. The van der Waals surface area contributed by atoms with Gasteiger partial charge in [-0.3, -0.25) is 9.05 Å². The van der Waals surface area contributed by atoms with Crippen molar-refractivity contribution < 1.29 is 13.6 Å². The van der Waals surface area contributed by atoms with E-state index in [0.717, 1.165) is 0 Å². The van der Waals surface area contributed by atoms with Gasteiger partial charge >= 0.3 is 6.95 Å². The molecular formula is C6H10Br2Cl3O3P. The zero-order valence-electron chi connectivity index (χ0n) is 7.54. The monoisotopic (exact) mass is 424 g/mol. The highest BCUT2D eigenvalue weighted by molar-refractivity contribution is 9.12. The SMILES string of the molecule is O=P(Cl)(OCC(Br)CBr)OC(CCl)CCl. The molecule has 2 atom stereocenters. The summed E-state index contributed by atoms with van der Waals surface area (Å²) in [6.07, 6.45) is -0.575. The molecule has 0 aliphatic heterocycles. The van der Waals surface area contributed by atoms with Gasteiger partial charge in [-0.15, -0.1) is 23.2 Å². The topological polar surface area (TPSA) is 35.5 Å². The van der Waals surface area contributed by atoms with Gasteiger partial charge in [-0.2, -0.15) is 0 Å². The van der Waals surface area contributed by atoms with E-state index < -0.39 is 13.1 Å². The van der Waals surface area contributed by atoms with Crippen LogP contribution in [0.3, 0.4) is 0 Å². The first-order chi connectivity index (χ1) is 6.95. The van der Waals surface area contributed by atoms with Gasteiger partial charge in [-0.05, 0) is 0 Å². The number of rotatable bonds is 8. The van der Waals surface area contributed by atoms with Crippen molar-refractivity contribution in [2.75, 3.05) is 23.7 Å². The summed E-state index contributed by atoms with van der Waals surface area (Å²) in [7, 11) is 0. The van der Waals surface area contributed by atoms with Crippen LogP contribution >= 0.6 is 73.3 Å². The Morgan fingerprint density at radius 2 is 1.87 bits per heavy atom. The average Bonchev–Trinajstić information content (AvgIpc) is 2.22. The van der Waals surface area contributed by atoms with Crippen molar-refractivity contribution in [2.45, 2.75) is 10.9 Å². The molecule has 0 aliphatic carbocycles. The molecule has 0 bridgehead atoms. The Kier molecular flexibility index (Phi) is 10.2. The van der Waals surface area contributed by atoms with Crippen LogP contribution in [0.2, 0.25) is 0 Å². The Morgan fingerprint density at radius 1 is 1.33 bits per heavy atom. The van der Waals surface area contributed by atoms with E-state index in [4.69, 9.17) is 43.5 Å². The second-order valence-corrected chi connectivity index (χ2v) is 7.65. The van der Waals surface area contributed by atoms with E-state index in [9.17, 15) is 4.57 Å². The standard InChI is InChI=1S/C6H10Br2Cl3O3P/c7-1-5(8)4-13-15(11,12)14-6(2-9)3-10/h5-6H,1-4H2. The Bertz CT molecular complexity index is 218. The predicted molar refractivity (Wildman–Crippen MR) is 72.2 cm³/mol. The fraction of sp³-hybridized carbons (Fsp3) is 1.00. The molecule has 0 heterocycles. The van der Waals surface area contributed by atoms with Crippen molar-refractivity contribution in [3.8, 4) is 0 Å². The van der Waals surface area contributed by atoms with E-state index in [2.05, 4.69) is 31.9 Å². The van der Waals surface area contributed by atoms with Gasteiger partial charge < -0.3 is 0 Å². The molecule has 0 amide bonds. The third-order valence-corrected chi connectivity index (χ3v) is 5.66. The summed E-state index contributed by atoms with van der Waals surface area (Å²) in [6, 6.07) is 0. The molecule has 9 heteroatoms. The minimum atomic E-state index is -3.60. The maximum Gasteiger partial charge on any atom is 0.424 e. The molecule has 0 saturated carbocycles. The third kappa shape index (κ3) is 8.67. The van der Waals surface area contributed by atoms with Gasteiger partial charge in [-0.1, -0.05) is 31.9 Å². The molecule has 0 aromatic heterocycles. The van der Waals surface area contributed by atoms with Crippen molar-refractivity contribution in [1.29, 1.82) is 0 Å². The van der Waals surface area contributed by atoms with Gasteiger partial charge in [0, 0.05) is 21.4 Å². The number of hydrogen-bond donors (Lipinski definition) is 0. The van der Waals surface area contributed by atoms with Crippen LogP contribution in [-0.2, 0) is 13.6 Å².